The number of carbonyl (C=O) groups is 1. The molecule has 1 N–H and O–H groups in total. The Hall–Kier alpha value is -3.67. The maximum atomic E-state index is 11.3. The molecule has 0 radical (unpaired) electrons. The Kier molecular flexibility index (Phi) is 4.30. The lowest BCUT2D eigenvalue weighted by Gasteiger charge is -2.20. The molecule has 134 valence electrons. The van der Waals surface area contributed by atoms with Gasteiger partial charge in [-0.25, -0.2) is 9.78 Å². The molecule has 6 nitrogen and oxygen atoms in total. The molecule has 6 heteroatoms. The number of aromatic nitrogens is 3. The molecule has 4 aromatic rings. The third-order valence-electron chi connectivity index (χ3n) is 4.46. The summed E-state index contributed by atoms with van der Waals surface area (Å²) in [5.74, 6) is -0.0472. The van der Waals surface area contributed by atoms with Gasteiger partial charge in [0.25, 0.3) is 0 Å². The molecule has 2 heterocycles. The number of anilines is 1. The summed E-state index contributed by atoms with van der Waals surface area (Å²) in [7, 11) is 2.01. The minimum absolute atomic E-state index is 0.240. The standard InChI is InChI=1S/C21H18N4O2/c1-24(14-15-6-3-2-4-7-15)19-10-11-22-20-18(13-23-25(19)20)16-8-5-9-17(12-16)21(26)27/h2-13H,14H2,1H3,(H,26,27). The van der Waals surface area contributed by atoms with Crippen LogP contribution >= 0.6 is 0 Å². The Bertz CT molecular complexity index is 1110. The normalized spacial score (nSPS) is 10.9. The molecule has 2 aromatic carbocycles. The van der Waals surface area contributed by atoms with Crippen molar-refractivity contribution in [3.8, 4) is 11.1 Å². The van der Waals surface area contributed by atoms with Crippen molar-refractivity contribution in [3.05, 3.63) is 84.2 Å². The molecule has 27 heavy (non-hydrogen) atoms. The topological polar surface area (TPSA) is 70.7 Å². The molecule has 0 saturated heterocycles. The van der Waals surface area contributed by atoms with Gasteiger partial charge in [0.05, 0.1) is 11.8 Å². The SMILES string of the molecule is CN(Cc1ccccc1)c1ccnc2c(-c3cccc(C(=O)O)c3)cnn12. The van der Waals surface area contributed by atoms with Gasteiger partial charge in [0, 0.05) is 25.4 Å². The molecule has 0 atom stereocenters. The molecule has 4 rings (SSSR count). The Morgan fingerprint density at radius 2 is 1.93 bits per heavy atom. The van der Waals surface area contributed by atoms with Gasteiger partial charge in [-0.2, -0.15) is 9.61 Å². The highest BCUT2D eigenvalue weighted by molar-refractivity contribution is 5.90. The molecular weight excluding hydrogens is 340 g/mol. The second kappa shape index (κ2) is 6.92. The molecule has 0 aliphatic rings. The summed E-state index contributed by atoms with van der Waals surface area (Å²) in [4.78, 5) is 17.8. The minimum atomic E-state index is -0.954. The Labute approximate surface area is 156 Å². The molecule has 0 amide bonds. The molecule has 0 aliphatic carbocycles. The van der Waals surface area contributed by atoms with E-state index in [9.17, 15) is 9.90 Å². The Morgan fingerprint density at radius 1 is 1.11 bits per heavy atom. The van der Waals surface area contributed by atoms with Crippen LogP contribution < -0.4 is 4.90 Å². The van der Waals surface area contributed by atoms with Crippen molar-refractivity contribution in [3.63, 3.8) is 0 Å². The van der Waals surface area contributed by atoms with Gasteiger partial charge in [-0.05, 0) is 29.3 Å². The van der Waals surface area contributed by atoms with Crippen LogP contribution in [0.15, 0.2) is 73.1 Å². The van der Waals surface area contributed by atoms with Crippen molar-refractivity contribution >= 4 is 17.4 Å². The van der Waals surface area contributed by atoms with Crippen LogP contribution in [0.2, 0.25) is 0 Å². The van der Waals surface area contributed by atoms with E-state index in [2.05, 4.69) is 27.1 Å². The molecule has 0 unspecified atom stereocenters. The molecular formula is C21H18N4O2. The first-order chi connectivity index (χ1) is 13.1. The number of carboxylic acids is 1. The molecule has 0 bridgehead atoms. The van der Waals surface area contributed by atoms with E-state index in [0.29, 0.717) is 5.65 Å². The van der Waals surface area contributed by atoms with Crippen LogP contribution in [0.1, 0.15) is 15.9 Å². The van der Waals surface area contributed by atoms with Gasteiger partial charge in [0.15, 0.2) is 5.65 Å². The van der Waals surface area contributed by atoms with Crippen molar-refractivity contribution in [1.82, 2.24) is 14.6 Å². The number of hydrogen-bond acceptors (Lipinski definition) is 4. The van der Waals surface area contributed by atoms with Gasteiger partial charge in [0.2, 0.25) is 0 Å². The number of hydrogen-bond donors (Lipinski definition) is 1. The maximum Gasteiger partial charge on any atom is 0.335 e. The number of nitrogens with zero attached hydrogens (tertiary/aromatic N) is 4. The van der Waals surface area contributed by atoms with Crippen molar-refractivity contribution in [2.45, 2.75) is 6.54 Å². The second-order valence-electron chi connectivity index (χ2n) is 6.32. The predicted molar refractivity (Wildman–Crippen MR) is 104 cm³/mol. The lowest BCUT2D eigenvalue weighted by Crippen LogP contribution is -2.19. The van der Waals surface area contributed by atoms with Crippen LogP contribution in [0.25, 0.3) is 16.8 Å². The van der Waals surface area contributed by atoms with E-state index in [1.54, 1.807) is 35.1 Å². The molecule has 0 spiro atoms. The zero-order valence-electron chi connectivity index (χ0n) is 14.8. The fourth-order valence-electron chi connectivity index (χ4n) is 3.13. The number of fused-ring (bicyclic) bond motifs is 1. The average Bonchev–Trinajstić information content (AvgIpc) is 3.13. The zero-order valence-corrected chi connectivity index (χ0v) is 14.8. The van der Waals surface area contributed by atoms with E-state index in [0.717, 1.165) is 23.5 Å². The van der Waals surface area contributed by atoms with E-state index in [4.69, 9.17) is 0 Å². The van der Waals surface area contributed by atoms with E-state index >= 15 is 0 Å². The van der Waals surface area contributed by atoms with Crippen LogP contribution in [0, 0.1) is 0 Å². The highest BCUT2D eigenvalue weighted by atomic mass is 16.4. The van der Waals surface area contributed by atoms with E-state index in [1.165, 1.54) is 5.56 Å². The number of rotatable bonds is 5. The fourth-order valence-corrected chi connectivity index (χ4v) is 3.13. The summed E-state index contributed by atoms with van der Waals surface area (Å²) in [6, 6.07) is 18.9. The summed E-state index contributed by atoms with van der Waals surface area (Å²) in [5, 5.41) is 13.7. The first kappa shape index (κ1) is 16.8. The van der Waals surface area contributed by atoms with Crippen LogP contribution in [0.4, 0.5) is 5.82 Å². The average molecular weight is 358 g/mol. The van der Waals surface area contributed by atoms with E-state index in [-0.39, 0.29) is 5.56 Å². The lowest BCUT2D eigenvalue weighted by molar-refractivity contribution is 0.0697. The third-order valence-corrected chi connectivity index (χ3v) is 4.46. The van der Waals surface area contributed by atoms with Crippen LogP contribution in [-0.2, 0) is 6.54 Å². The van der Waals surface area contributed by atoms with Crippen molar-refractivity contribution in [2.24, 2.45) is 0 Å². The van der Waals surface area contributed by atoms with Crippen molar-refractivity contribution in [2.75, 3.05) is 11.9 Å². The Morgan fingerprint density at radius 3 is 2.70 bits per heavy atom. The summed E-state index contributed by atoms with van der Waals surface area (Å²) in [6.07, 6.45) is 3.47. The van der Waals surface area contributed by atoms with E-state index < -0.39 is 5.97 Å². The summed E-state index contributed by atoms with van der Waals surface area (Å²) in [6.45, 7) is 0.740. The van der Waals surface area contributed by atoms with Crippen LogP contribution in [0.3, 0.4) is 0 Å². The van der Waals surface area contributed by atoms with Crippen LogP contribution in [-0.4, -0.2) is 32.7 Å². The first-order valence-corrected chi connectivity index (χ1v) is 8.55. The highest BCUT2D eigenvalue weighted by Crippen LogP contribution is 2.27. The Balaban J connectivity index is 1.74. The van der Waals surface area contributed by atoms with E-state index in [1.807, 2.05) is 37.4 Å². The summed E-state index contributed by atoms with van der Waals surface area (Å²) >= 11 is 0. The predicted octanol–water partition coefficient (Wildman–Crippen LogP) is 3.73. The quantitative estimate of drug-likeness (QED) is 0.589. The van der Waals surface area contributed by atoms with Crippen LogP contribution in [0.5, 0.6) is 0 Å². The smallest absolute Gasteiger partial charge is 0.335 e. The largest absolute Gasteiger partial charge is 0.478 e. The maximum absolute atomic E-state index is 11.3. The first-order valence-electron chi connectivity index (χ1n) is 8.55. The lowest BCUT2D eigenvalue weighted by atomic mass is 10.1. The monoisotopic (exact) mass is 358 g/mol. The van der Waals surface area contributed by atoms with Gasteiger partial charge in [-0.3, -0.25) is 0 Å². The van der Waals surface area contributed by atoms with Gasteiger partial charge in [-0.1, -0.05) is 42.5 Å². The van der Waals surface area contributed by atoms with Crippen molar-refractivity contribution < 1.29 is 9.90 Å². The number of aromatic carboxylic acids is 1. The van der Waals surface area contributed by atoms with Gasteiger partial charge in [-0.15, -0.1) is 0 Å². The summed E-state index contributed by atoms with van der Waals surface area (Å²) < 4.78 is 1.78. The van der Waals surface area contributed by atoms with Gasteiger partial charge >= 0.3 is 5.97 Å². The molecule has 0 fully saturated rings. The minimum Gasteiger partial charge on any atom is -0.478 e. The molecule has 2 aromatic heterocycles. The number of benzene rings is 2. The number of carboxylic acid groups (broad SMARTS) is 1. The van der Waals surface area contributed by atoms with Crippen molar-refractivity contribution in [1.29, 1.82) is 0 Å². The highest BCUT2D eigenvalue weighted by Gasteiger charge is 2.14. The van der Waals surface area contributed by atoms with Gasteiger partial charge in [0.1, 0.15) is 5.82 Å². The fraction of sp³-hybridized carbons (Fsp3) is 0.0952. The molecule has 0 saturated carbocycles. The van der Waals surface area contributed by atoms with Gasteiger partial charge < -0.3 is 10.0 Å². The third kappa shape index (κ3) is 3.25. The molecule has 0 aliphatic heterocycles. The summed E-state index contributed by atoms with van der Waals surface area (Å²) in [5.41, 5.74) is 3.71. The zero-order chi connectivity index (χ0) is 18.8. The second-order valence-corrected chi connectivity index (χ2v) is 6.32.